The molecule has 9 heteroatoms. The highest BCUT2D eigenvalue weighted by Crippen LogP contribution is 2.60. The van der Waals surface area contributed by atoms with Gasteiger partial charge in [-0.3, -0.25) is 14.4 Å². The van der Waals surface area contributed by atoms with Gasteiger partial charge in [0.25, 0.3) is 0 Å². The molecule has 8 nitrogen and oxygen atoms in total. The maximum Gasteiger partial charge on any atom is 0.249 e. The molecule has 1 N–H and O–H groups in total. The third-order valence-electron chi connectivity index (χ3n) is 7.91. The summed E-state index contributed by atoms with van der Waals surface area (Å²) in [6.45, 7) is 17.4. The molecule has 0 aliphatic carbocycles. The van der Waals surface area contributed by atoms with Crippen LogP contribution in [0.4, 0.5) is 0 Å². The monoisotopic (exact) mass is 581 g/mol. The van der Waals surface area contributed by atoms with E-state index in [1.807, 2.05) is 27.7 Å². The first-order valence-electron chi connectivity index (χ1n) is 13.5. The van der Waals surface area contributed by atoms with Crippen LogP contribution in [0.15, 0.2) is 25.3 Å². The summed E-state index contributed by atoms with van der Waals surface area (Å²) in [5, 5.41) is 9.23. The molecule has 0 saturated carbocycles. The van der Waals surface area contributed by atoms with Gasteiger partial charge in [-0.2, -0.15) is 0 Å². The van der Waals surface area contributed by atoms with E-state index in [0.29, 0.717) is 45.4 Å². The zero-order chi connectivity index (χ0) is 27.5. The predicted octanol–water partition coefficient (Wildman–Crippen LogP) is 3.13. The van der Waals surface area contributed by atoms with Crippen LogP contribution in [0.25, 0.3) is 0 Å². The molecule has 3 aliphatic heterocycles. The third kappa shape index (κ3) is 5.41. The van der Waals surface area contributed by atoms with Gasteiger partial charge in [-0.15, -0.1) is 13.2 Å². The van der Waals surface area contributed by atoms with E-state index in [2.05, 4.69) is 29.1 Å². The second kappa shape index (κ2) is 12.0. The minimum Gasteiger partial charge on any atom is -0.396 e. The second-order valence-electron chi connectivity index (χ2n) is 11.5. The maximum absolute atomic E-state index is 14.3. The van der Waals surface area contributed by atoms with Gasteiger partial charge in [0.1, 0.15) is 11.6 Å². The molecule has 37 heavy (non-hydrogen) atoms. The van der Waals surface area contributed by atoms with Crippen molar-refractivity contribution < 1.29 is 24.2 Å². The molecule has 3 amide bonds. The summed E-state index contributed by atoms with van der Waals surface area (Å²) in [5.41, 5.74) is -1.56. The van der Waals surface area contributed by atoms with Gasteiger partial charge in [-0.05, 0) is 52.9 Å². The lowest BCUT2D eigenvalue weighted by Gasteiger charge is -2.42. The van der Waals surface area contributed by atoms with Crippen molar-refractivity contribution in [3.63, 3.8) is 0 Å². The Morgan fingerprint density at radius 1 is 1.19 bits per heavy atom. The molecule has 3 fully saturated rings. The van der Waals surface area contributed by atoms with Crippen molar-refractivity contribution in [2.75, 3.05) is 32.8 Å². The molecule has 208 valence electrons. The van der Waals surface area contributed by atoms with E-state index < -0.39 is 35.1 Å². The molecule has 0 aromatic heterocycles. The number of fused-ring (bicyclic) bond motifs is 1. The topological polar surface area (TPSA) is 90.4 Å². The van der Waals surface area contributed by atoms with Gasteiger partial charge in [0.2, 0.25) is 17.7 Å². The van der Waals surface area contributed by atoms with Crippen molar-refractivity contribution >= 4 is 33.7 Å². The molecule has 3 heterocycles. The molecule has 1 spiro atoms. The van der Waals surface area contributed by atoms with Crippen molar-refractivity contribution in [3.05, 3.63) is 25.3 Å². The van der Waals surface area contributed by atoms with E-state index in [1.165, 1.54) is 0 Å². The SMILES string of the molecule is C=CCN(CCC)C(=O)[C@H]1[C@H]2C(=O)N(CCCCCO)C(C(=O)N(CC=C)C(C)(C)C)C23CC(Br)[C@@H]1O3. The van der Waals surface area contributed by atoms with Crippen molar-refractivity contribution in [2.24, 2.45) is 11.8 Å². The molecule has 3 unspecified atom stereocenters. The first kappa shape index (κ1) is 29.8. The van der Waals surface area contributed by atoms with Crippen LogP contribution in [-0.4, -0.2) is 98.4 Å². The molecule has 3 aliphatic rings. The number of amides is 3. The average Bonchev–Trinajstić information content (AvgIpc) is 3.42. The van der Waals surface area contributed by atoms with Crippen LogP contribution in [0.2, 0.25) is 0 Å². The van der Waals surface area contributed by atoms with Crippen molar-refractivity contribution in [1.82, 2.24) is 14.7 Å². The van der Waals surface area contributed by atoms with Gasteiger partial charge < -0.3 is 24.5 Å². The summed E-state index contributed by atoms with van der Waals surface area (Å²) in [5.74, 6) is -1.82. The number of likely N-dealkylation sites (tertiary alicyclic amines) is 1. The number of hydrogen-bond acceptors (Lipinski definition) is 5. The highest BCUT2D eigenvalue weighted by atomic mass is 79.9. The smallest absolute Gasteiger partial charge is 0.249 e. The number of carbonyl (C=O) groups is 3. The van der Waals surface area contributed by atoms with Gasteiger partial charge >= 0.3 is 0 Å². The largest absolute Gasteiger partial charge is 0.396 e. The lowest BCUT2D eigenvalue weighted by molar-refractivity contribution is -0.151. The molecule has 6 atom stereocenters. The first-order valence-corrected chi connectivity index (χ1v) is 14.5. The standard InChI is InChI=1S/C28H44BrN3O5/c1-7-13-30(14-8-2)24(34)20-21-25(35)31(16-11-10-12-17-33)23(28(21)18-19(29)22(20)37-28)26(36)32(15-9-3)27(4,5)6/h7,9,19-23,33H,1,3,8,10-18H2,2,4-6H3/t19?,20-,21-,22-,23?,28?/m0/s1. The Morgan fingerprint density at radius 3 is 2.43 bits per heavy atom. The van der Waals surface area contributed by atoms with Crippen molar-refractivity contribution in [3.8, 4) is 0 Å². The van der Waals surface area contributed by atoms with Crippen LogP contribution >= 0.6 is 15.9 Å². The summed E-state index contributed by atoms with van der Waals surface area (Å²) < 4.78 is 6.64. The average molecular weight is 583 g/mol. The number of unbranched alkanes of at least 4 members (excludes halogenated alkanes) is 2. The van der Waals surface area contributed by atoms with E-state index >= 15 is 0 Å². The minimum atomic E-state index is -1.07. The Balaban J connectivity index is 2.06. The fourth-order valence-electron chi connectivity index (χ4n) is 6.40. The van der Waals surface area contributed by atoms with Gasteiger partial charge in [-0.25, -0.2) is 0 Å². The second-order valence-corrected chi connectivity index (χ2v) is 12.6. The van der Waals surface area contributed by atoms with E-state index in [-0.39, 0.29) is 29.2 Å². The van der Waals surface area contributed by atoms with Gasteiger partial charge in [0.15, 0.2) is 0 Å². The van der Waals surface area contributed by atoms with Crippen LogP contribution in [0.1, 0.15) is 59.8 Å². The number of carbonyl (C=O) groups excluding carboxylic acids is 3. The third-order valence-corrected chi connectivity index (χ3v) is 8.75. The fourth-order valence-corrected chi connectivity index (χ4v) is 7.34. The lowest BCUT2D eigenvalue weighted by atomic mass is 9.70. The van der Waals surface area contributed by atoms with E-state index in [9.17, 15) is 19.5 Å². The summed E-state index contributed by atoms with van der Waals surface area (Å²) in [6.07, 6.45) is 6.25. The molecule has 0 radical (unpaired) electrons. The molecule has 2 bridgehead atoms. The molecular formula is C28H44BrN3O5. The molecular weight excluding hydrogens is 538 g/mol. The van der Waals surface area contributed by atoms with Crippen molar-refractivity contribution in [2.45, 2.75) is 87.9 Å². The van der Waals surface area contributed by atoms with Crippen LogP contribution in [0, 0.1) is 11.8 Å². The number of hydrogen-bond donors (Lipinski definition) is 1. The molecule has 0 aromatic rings. The van der Waals surface area contributed by atoms with Crippen LogP contribution in [0.3, 0.4) is 0 Å². The van der Waals surface area contributed by atoms with Crippen LogP contribution in [0.5, 0.6) is 0 Å². The van der Waals surface area contributed by atoms with Crippen LogP contribution in [-0.2, 0) is 19.1 Å². The minimum absolute atomic E-state index is 0.0865. The summed E-state index contributed by atoms with van der Waals surface area (Å²) >= 11 is 3.74. The Morgan fingerprint density at radius 2 is 1.86 bits per heavy atom. The zero-order valence-electron chi connectivity index (χ0n) is 22.8. The van der Waals surface area contributed by atoms with E-state index in [1.54, 1.807) is 26.9 Å². The molecule has 3 saturated heterocycles. The Labute approximate surface area is 230 Å². The normalized spacial score (nSPS) is 30.4. The summed E-state index contributed by atoms with van der Waals surface area (Å²) in [6, 6.07) is -0.819. The van der Waals surface area contributed by atoms with Gasteiger partial charge in [0.05, 0.1) is 17.9 Å². The maximum atomic E-state index is 14.3. The number of nitrogens with zero attached hydrogens (tertiary/aromatic N) is 3. The first-order chi connectivity index (χ1) is 17.5. The number of halogens is 1. The lowest BCUT2D eigenvalue weighted by Crippen LogP contribution is -2.60. The van der Waals surface area contributed by atoms with E-state index in [4.69, 9.17) is 4.74 Å². The fraction of sp³-hybridized carbons (Fsp3) is 0.750. The zero-order valence-corrected chi connectivity index (χ0v) is 24.4. The van der Waals surface area contributed by atoms with Gasteiger partial charge in [0, 0.05) is 43.2 Å². The number of ether oxygens (including phenoxy) is 1. The number of aliphatic hydroxyl groups is 1. The van der Waals surface area contributed by atoms with E-state index in [0.717, 1.165) is 12.8 Å². The summed E-state index contributed by atoms with van der Waals surface area (Å²) in [7, 11) is 0. The highest BCUT2D eigenvalue weighted by Gasteiger charge is 2.77. The molecule has 0 aromatic carbocycles. The summed E-state index contributed by atoms with van der Waals surface area (Å²) in [4.78, 5) is 47.4. The number of rotatable bonds is 13. The van der Waals surface area contributed by atoms with Crippen molar-refractivity contribution in [1.29, 1.82) is 0 Å². The van der Waals surface area contributed by atoms with Crippen LogP contribution < -0.4 is 0 Å². The molecule has 3 rings (SSSR count). The number of aliphatic hydroxyl groups excluding tert-OH is 1. The Kier molecular flexibility index (Phi) is 9.67. The highest BCUT2D eigenvalue weighted by molar-refractivity contribution is 9.09. The van der Waals surface area contributed by atoms with Gasteiger partial charge in [-0.1, -0.05) is 35.0 Å². The Bertz CT molecular complexity index is 890. The Hall–Kier alpha value is -1.71. The number of alkyl halides is 1. The predicted molar refractivity (Wildman–Crippen MR) is 147 cm³/mol. The quantitative estimate of drug-likeness (QED) is 0.205.